The number of benzene rings is 1. The van der Waals surface area contributed by atoms with E-state index in [-0.39, 0.29) is 24.5 Å². The molecule has 0 radical (unpaired) electrons. The molecule has 0 unspecified atom stereocenters. The molecular weight excluding hydrogens is 394 g/mol. The van der Waals surface area contributed by atoms with Gasteiger partial charge < -0.3 is 10.4 Å². The summed E-state index contributed by atoms with van der Waals surface area (Å²) in [5.41, 5.74) is 2.09. The Balaban J connectivity index is 0.000000755. The quantitative estimate of drug-likeness (QED) is 0.442. The first-order valence-corrected chi connectivity index (χ1v) is 9.33. The van der Waals surface area contributed by atoms with Gasteiger partial charge in [0, 0.05) is 10.6 Å². The monoisotopic (exact) mass is 411 g/mol. The van der Waals surface area contributed by atoms with Crippen molar-refractivity contribution < 1.29 is 14.7 Å². The fourth-order valence-corrected chi connectivity index (χ4v) is 3.62. The summed E-state index contributed by atoms with van der Waals surface area (Å²) in [6.45, 7) is 1.52. The fourth-order valence-electron chi connectivity index (χ4n) is 2.79. The number of carbonyl (C=O) groups is 2. The maximum Gasteiger partial charge on any atom is 0.290 e. The topological polar surface area (TPSA) is 130 Å². The van der Waals surface area contributed by atoms with E-state index in [0.29, 0.717) is 16.7 Å². The van der Waals surface area contributed by atoms with E-state index in [1.807, 2.05) is 30.5 Å². The molecule has 4 aromatic rings. The number of aromatic nitrogens is 4. The number of nitrogens with zero attached hydrogens (tertiary/aromatic N) is 3. The molecule has 4 rings (SSSR count). The van der Waals surface area contributed by atoms with Crippen LogP contribution in [-0.2, 0) is 16.1 Å². The van der Waals surface area contributed by atoms with Crippen LogP contribution < -0.4 is 10.9 Å². The number of hydrogen-bond acceptors (Lipinski definition) is 6. The second-order valence-corrected chi connectivity index (χ2v) is 6.85. The first-order chi connectivity index (χ1) is 14.0. The van der Waals surface area contributed by atoms with Crippen LogP contribution in [0.4, 0.5) is 5.82 Å². The summed E-state index contributed by atoms with van der Waals surface area (Å²) in [5.74, 6) is 0.116. The van der Waals surface area contributed by atoms with Gasteiger partial charge in [-0.3, -0.25) is 24.0 Å². The average Bonchev–Trinajstić information content (AvgIpc) is 3.35. The van der Waals surface area contributed by atoms with Gasteiger partial charge in [-0.25, -0.2) is 4.98 Å². The van der Waals surface area contributed by atoms with E-state index in [0.717, 1.165) is 16.1 Å². The average molecular weight is 411 g/mol. The number of anilines is 1. The highest BCUT2D eigenvalue weighted by Crippen LogP contribution is 2.32. The number of carbonyl (C=O) groups excluding carboxylic acids is 1. The Morgan fingerprint density at radius 1 is 1.31 bits per heavy atom. The summed E-state index contributed by atoms with van der Waals surface area (Å²) in [7, 11) is 0. The maximum atomic E-state index is 12.5. The van der Waals surface area contributed by atoms with Crippen molar-refractivity contribution >= 4 is 40.4 Å². The molecule has 0 saturated heterocycles. The van der Waals surface area contributed by atoms with Gasteiger partial charge in [-0.2, -0.15) is 5.10 Å². The Hall–Kier alpha value is -3.79. The SMILES string of the molecule is Cc1[nH]nc(NC(=O)Cn2cnc3ccccc3c2=O)c1-c1cccs1.O=CO. The van der Waals surface area contributed by atoms with Crippen molar-refractivity contribution in [2.45, 2.75) is 13.5 Å². The van der Waals surface area contributed by atoms with Crippen LogP contribution in [0.3, 0.4) is 0 Å². The van der Waals surface area contributed by atoms with E-state index in [2.05, 4.69) is 20.5 Å². The lowest BCUT2D eigenvalue weighted by atomic mass is 10.2. The molecular formula is C19H17N5O4S. The highest BCUT2D eigenvalue weighted by atomic mass is 32.1. The first-order valence-electron chi connectivity index (χ1n) is 8.46. The Kier molecular flexibility index (Phi) is 6.15. The van der Waals surface area contributed by atoms with Gasteiger partial charge >= 0.3 is 0 Å². The third kappa shape index (κ3) is 4.38. The lowest BCUT2D eigenvalue weighted by molar-refractivity contribution is -0.123. The number of aromatic amines is 1. The number of fused-ring (bicyclic) bond motifs is 1. The number of rotatable bonds is 4. The van der Waals surface area contributed by atoms with Crippen LogP contribution in [0.5, 0.6) is 0 Å². The number of para-hydroxylation sites is 1. The Morgan fingerprint density at radius 2 is 2.07 bits per heavy atom. The minimum atomic E-state index is -0.339. The molecule has 0 spiro atoms. The van der Waals surface area contributed by atoms with Gasteiger partial charge in [-0.1, -0.05) is 18.2 Å². The smallest absolute Gasteiger partial charge is 0.290 e. The maximum absolute atomic E-state index is 12.5. The van der Waals surface area contributed by atoms with E-state index in [4.69, 9.17) is 9.90 Å². The molecule has 29 heavy (non-hydrogen) atoms. The number of nitrogens with one attached hydrogen (secondary N) is 2. The lowest BCUT2D eigenvalue weighted by Crippen LogP contribution is -2.28. The van der Waals surface area contributed by atoms with Crippen molar-refractivity contribution in [1.29, 1.82) is 0 Å². The van der Waals surface area contributed by atoms with Crippen molar-refractivity contribution in [3.05, 3.63) is 64.2 Å². The molecule has 9 nitrogen and oxygen atoms in total. The van der Waals surface area contributed by atoms with E-state index >= 15 is 0 Å². The highest BCUT2D eigenvalue weighted by molar-refractivity contribution is 7.13. The molecule has 1 aromatic carbocycles. The molecule has 3 aromatic heterocycles. The molecule has 3 heterocycles. The summed E-state index contributed by atoms with van der Waals surface area (Å²) in [4.78, 5) is 38.5. The van der Waals surface area contributed by atoms with Crippen molar-refractivity contribution in [3.63, 3.8) is 0 Å². The molecule has 0 atom stereocenters. The van der Waals surface area contributed by atoms with Gasteiger partial charge in [-0.15, -0.1) is 11.3 Å². The molecule has 0 aliphatic heterocycles. The molecule has 0 fully saturated rings. The van der Waals surface area contributed by atoms with Crippen LogP contribution in [0.1, 0.15) is 5.69 Å². The molecule has 0 aliphatic rings. The summed E-state index contributed by atoms with van der Waals surface area (Å²) in [6, 6.07) is 11.0. The Labute approximate surface area is 168 Å². The van der Waals surface area contributed by atoms with E-state index in [9.17, 15) is 9.59 Å². The van der Waals surface area contributed by atoms with Gasteiger partial charge in [0.1, 0.15) is 6.54 Å². The highest BCUT2D eigenvalue weighted by Gasteiger charge is 2.16. The van der Waals surface area contributed by atoms with E-state index < -0.39 is 0 Å². The normalized spacial score (nSPS) is 10.2. The zero-order valence-corrected chi connectivity index (χ0v) is 16.1. The number of aryl methyl sites for hydroxylation is 1. The fraction of sp³-hybridized carbons (Fsp3) is 0.105. The van der Waals surface area contributed by atoms with Crippen LogP contribution in [0.25, 0.3) is 21.3 Å². The van der Waals surface area contributed by atoms with Crippen LogP contribution in [0.2, 0.25) is 0 Å². The van der Waals surface area contributed by atoms with Gasteiger partial charge in [0.2, 0.25) is 5.91 Å². The van der Waals surface area contributed by atoms with Crippen LogP contribution >= 0.6 is 11.3 Å². The summed E-state index contributed by atoms with van der Waals surface area (Å²) in [6.07, 6.45) is 1.39. The minimum Gasteiger partial charge on any atom is -0.483 e. The van der Waals surface area contributed by atoms with Crippen LogP contribution in [-0.4, -0.2) is 37.2 Å². The molecule has 0 bridgehead atoms. The molecule has 1 amide bonds. The lowest BCUT2D eigenvalue weighted by Gasteiger charge is -2.07. The Bertz CT molecular complexity index is 1200. The van der Waals surface area contributed by atoms with Gasteiger partial charge in [-0.05, 0) is 30.5 Å². The molecule has 10 heteroatoms. The third-order valence-corrected chi connectivity index (χ3v) is 4.91. The van der Waals surface area contributed by atoms with Crippen molar-refractivity contribution in [2.24, 2.45) is 0 Å². The predicted octanol–water partition coefficient (Wildman–Crippen LogP) is 2.50. The summed E-state index contributed by atoms with van der Waals surface area (Å²) < 4.78 is 1.29. The Morgan fingerprint density at radius 3 is 2.79 bits per heavy atom. The number of thiophene rings is 1. The zero-order valence-electron chi connectivity index (χ0n) is 15.3. The molecule has 148 valence electrons. The largest absolute Gasteiger partial charge is 0.483 e. The van der Waals surface area contributed by atoms with E-state index in [1.165, 1.54) is 10.9 Å². The zero-order chi connectivity index (χ0) is 20.8. The third-order valence-electron chi connectivity index (χ3n) is 4.02. The predicted molar refractivity (Wildman–Crippen MR) is 110 cm³/mol. The first kappa shape index (κ1) is 20.0. The van der Waals surface area contributed by atoms with Crippen molar-refractivity contribution in [3.8, 4) is 10.4 Å². The second kappa shape index (κ2) is 8.93. The second-order valence-electron chi connectivity index (χ2n) is 5.90. The van der Waals surface area contributed by atoms with Crippen molar-refractivity contribution in [1.82, 2.24) is 19.7 Å². The van der Waals surface area contributed by atoms with Crippen LogP contribution in [0.15, 0.2) is 52.9 Å². The van der Waals surface area contributed by atoms with Gasteiger partial charge in [0.15, 0.2) is 5.82 Å². The number of amides is 1. The van der Waals surface area contributed by atoms with E-state index in [1.54, 1.807) is 29.5 Å². The van der Waals surface area contributed by atoms with Crippen LogP contribution in [0, 0.1) is 6.92 Å². The minimum absolute atomic E-state index is 0.132. The summed E-state index contributed by atoms with van der Waals surface area (Å²) in [5, 5.41) is 19.2. The van der Waals surface area contributed by atoms with Gasteiger partial charge in [0.05, 0.1) is 22.8 Å². The molecule has 0 aliphatic carbocycles. The van der Waals surface area contributed by atoms with Crippen molar-refractivity contribution in [2.75, 3.05) is 5.32 Å². The summed E-state index contributed by atoms with van der Waals surface area (Å²) >= 11 is 1.57. The number of hydrogen-bond donors (Lipinski definition) is 3. The standard InChI is InChI=1S/C18H15N5O2S.CH2O2/c1-11-16(14-7-4-8-26-14)17(22-21-11)20-15(24)9-23-10-19-13-6-3-2-5-12(13)18(23)25;2-1-3/h2-8,10H,9H2,1H3,(H2,20,21,22,24);1H,(H,2,3). The molecule has 3 N–H and O–H groups in total. The number of H-pyrrole nitrogens is 1. The molecule has 0 saturated carbocycles. The van der Waals surface area contributed by atoms with Gasteiger partial charge in [0.25, 0.3) is 12.0 Å². The number of carboxylic acid groups (broad SMARTS) is 1.